The summed E-state index contributed by atoms with van der Waals surface area (Å²) in [6, 6.07) is 6.65. The molecule has 6 heteroatoms. The molecule has 0 unspecified atom stereocenters. The van der Waals surface area contributed by atoms with Gasteiger partial charge in [-0.3, -0.25) is 0 Å². The van der Waals surface area contributed by atoms with Crippen molar-refractivity contribution in [3.63, 3.8) is 0 Å². The van der Waals surface area contributed by atoms with Crippen molar-refractivity contribution in [2.45, 2.75) is 6.18 Å². The molecule has 0 saturated carbocycles. The van der Waals surface area contributed by atoms with Crippen molar-refractivity contribution >= 4 is 15.9 Å². The lowest BCUT2D eigenvalue weighted by Gasteiger charge is -2.09. The standard InChI is InChI=1S/C10H6BrF3N2/c11-9-4-5-15-16(9)8-3-1-2-7(6-8)10(12,13)14/h1-6H. The number of hydrogen-bond acceptors (Lipinski definition) is 1. The molecule has 1 aromatic carbocycles. The smallest absolute Gasteiger partial charge is 0.227 e. The average Bonchev–Trinajstić information content (AvgIpc) is 2.63. The van der Waals surface area contributed by atoms with E-state index in [-0.39, 0.29) is 0 Å². The topological polar surface area (TPSA) is 17.8 Å². The minimum Gasteiger partial charge on any atom is -0.227 e. The number of rotatable bonds is 1. The van der Waals surface area contributed by atoms with Crippen LogP contribution in [0, 0.1) is 0 Å². The summed E-state index contributed by atoms with van der Waals surface area (Å²) in [5, 5.41) is 3.91. The summed E-state index contributed by atoms with van der Waals surface area (Å²) in [5.41, 5.74) is -0.320. The molecular formula is C10H6BrF3N2. The zero-order chi connectivity index (χ0) is 11.8. The lowest BCUT2D eigenvalue weighted by atomic mass is 10.2. The van der Waals surface area contributed by atoms with Gasteiger partial charge >= 0.3 is 6.18 Å². The number of alkyl halides is 3. The van der Waals surface area contributed by atoms with Crippen LogP contribution in [-0.2, 0) is 6.18 Å². The summed E-state index contributed by atoms with van der Waals surface area (Å²) in [4.78, 5) is 0. The quantitative estimate of drug-likeness (QED) is 0.784. The number of benzene rings is 1. The Morgan fingerprint density at radius 1 is 1.19 bits per heavy atom. The van der Waals surface area contributed by atoms with Crippen LogP contribution < -0.4 is 0 Å². The third kappa shape index (κ3) is 2.11. The fourth-order valence-corrected chi connectivity index (χ4v) is 1.71. The number of halogens is 4. The van der Waals surface area contributed by atoms with Gasteiger partial charge in [0.1, 0.15) is 4.60 Å². The molecule has 0 aliphatic rings. The first-order valence-electron chi connectivity index (χ1n) is 4.35. The van der Waals surface area contributed by atoms with Crippen molar-refractivity contribution in [2.24, 2.45) is 0 Å². The molecular weight excluding hydrogens is 285 g/mol. The molecule has 0 radical (unpaired) electrons. The van der Waals surface area contributed by atoms with Crippen LogP contribution in [0.2, 0.25) is 0 Å². The maximum Gasteiger partial charge on any atom is 0.416 e. The molecule has 0 saturated heterocycles. The van der Waals surface area contributed by atoms with Gasteiger partial charge in [0.15, 0.2) is 0 Å². The van der Waals surface area contributed by atoms with Crippen molar-refractivity contribution in [2.75, 3.05) is 0 Å². The summed E-state index contributed by atoms with van der Waals surface area (Å²) in [5.74, 6) is 0. The number of aromatic nitrogens is 2. The summed E-state index contributed by atoms with van der Waals surface area (Å²) in [6.07, 6.45) is -2.83. The van der Waals surface area contributed by atoms with Crippen molar-refractivity contribution in [3.8, 4) is 5.69 Å². The molecule has 0 aliphatic heterocycles. The van der Waals surface area contributed by atoms with Crippen LogP contribution in [0.25, 0.3) is 5.69 Å². The van der Waals surface area contributed by atoms with E-state index in [2.05, 4.69) is 21.0 Å². The van der Waals surface area contributed by atoms with Crippen molar-refractivity contribution in [3.05, 3.63) is 46.7 Å². The molecule has 0 atom stereocenters. The van der Waals surface area contributed by atoms with Crippen molar-refractivity contribution in [1.29, 1.82) is 0 Å². The third-order valence-electron chi connectivity index (χ3n) is 2.01. The second-order valence-electron chi connectivity index (χ2n) is 3.11. The third-order valence-corrected chi connectivity index (χ3v) is 2.61. The Morgan fingerprint density at radius 2 is 1.94 bits per heavy atom. The highest BCUT2D eigenvalue weighted by Gasteiger charge is 2.30. The predicted octanol–water partition coefficient (Wildman–Crippen LogP) is 3.65. The van der Waals surface area contributed by atoms with E-state index >= 15 is 0 Å². The van der Waals surface area contributed by atoms with Gasteiger partial charge in [0.05, 0.1) is 17.4 Å². The maximum atomic E-state index is 12.5. The number of nitrogens with zero attached hydrogens (tertiary/aromatic N) is 2. The van der Waals surface area contributed by atoms with Crippen LogP contribution in [0.15, 0.2) is 41.1 Å². The Hall–Kier alpha value is -1.30. The maximum absolute atomic E-state index is 12.5. The van der Waals surface area contributed by atoms with Gasteiger partial charge in [-0.1, -0.05) is 6.07 Å². The molecule has 0 spiro atoms. The van der Waals surface area contributed by atoms with Crippen molar-refractivity contribution in [1.82, 2.24) is 9.78 Å². The van der Waals surface area contributed by atoms with E-state index in [1.54, 1.807) is 12.1 Å². The van der Waals surface area contributed by atoms with Gasteiger partial charge < -0.3 is 0 Å². The van der Waals surface area contributed by atoms with Crippen LogP contribution in [0.4, 0.5) is 13.2 Å². The molecule has 16 heavy (non-hydrogen) atoms. The average molecular weight is 291 g/mol. The van der Waals surface area contributed by atoms with E-state index in [4.69, 9.17) is 0 Å². The van der Waals surface area contributed by atoms with Gasteiger partial charge in [0.25, 0.3) is 0 Å². The zero-order valence-corrected chi connectivity index (χ0v) is 9.46. The van der Waals surface area contributed by atoms with Gasteiger partial charge in [0.2, 0.25) is 0 Å². The first-order valence-corrected chi connectivity index (χ1v) is 5.15. The van der Waals surface area contributed by atoms with Crippen LogP contribution in [0.1, 0.15) is 5.56 Å². The fourth-order valence-electron chi connectivity index (χ4n) is 1.29. The van der Waals surface area contributed by atoms with E-state index in [1.165, 1.54) is 16.9 Å². The van der Waals surface area contributed by atoms with E-state index < -0.39 is 11.7 Å². The lowest BCUT2D eigenvalue weighted by Crippen LogP contribution is -2.06. The minimum atomic E-state index is -4.34. The molecule has 1 heterocycles. The molecule has 2 aromatic rings. The minimum absolute atomic E-state index is 0.367. The summed E-state index contributed by atoms with van der Waals surface area (Å²) < 4.78 is 39.4. The van der Waals surface area contributed by atoms with E-state index in [0.29, 0.717) is 10.3 Å². The van der Waals surface area contributed by atoms with E-state index in [9.17, 15) is 13.2 Å². The van der Waals surface area contributed by atoms with Gasteiger partial charge in [-0.25, -0.2) is 4.68 Å². The molecule has 2 rings (SSSR count). The molecule has 1 aromatic heterocycles. The van der Waals surface area contributed by atoms with E-state index in [1.807, 2.05) is 0 Å². The van der Waals surface area contributed by atoms with Gasteiger partial charge in [-0.2, -0.15) is 18.3 Å². The second kappa shape index (κ2) is 3.93. The Kier molecular flexibility index (Phi) is 2.75. The summed E-state index contributed by atoms with van der Waals surface area (Å²) >= 11 is 3.20. The Balaban J connectivity index is 2.49. The normalized spacial score (nSPS) is 11.8. The van der Waals surface area contributed by atoms with Gasteiger partial charge in [-0.05, 0) is 40.2 Å². The SMILES string of the molecule is FC(F)(F)c1cccc(-n2nccc2Br)c1. The van der Waals surface area contributed by atoms with Gasteiger partial charge in [0, 0.05) is 0 Å². The largest absolute Gasteiger partial charge is 0.416 e. The highest BCUT2D eigenvalue weighted by molar-refractivity contribution is 9.10. The van der Waals surface area contributed by atoms with E-state index in [0.717, 1.165) is 12.1 Å². The first-order chi connectivity index (χ1) is 7.48. The van der Waals surface area contributed by atoms with Crippen molar-refractivity contribution < 1.29 is 13.2 Å². The Bertz CT molecular complexity index is 505. The molecule has 0 N–H and O–H groups in total. The highest BCUT2D eigenvalue weighted by Crippen LogP contribution is 2.30. The lowest BCUT2D eigenvalue weighted by molar-refractivity contribution is -0.137. The molecule has 0 amide bonds. The highest BCUT2D eigenvalue weighted by atomic mass is 79.9. The number of hydrogen-bond donors (Lipinski definition) is 0. The van der Waals surface area contributed by atoms with Crippen LogP contribution in [-0.4, -0.2) is 9.78 Å². The van der Waals surface area contributed by atoms with Gasteiger partial charge in [-0.15, -0.1) is 0 Å². The first kappa shape index (κ1) is 11.2. The molecule has 0 aliphatic carbocycles. The Labute approximate surface area is 97.8 Å². The zero-order valence-electron chi connectivity index (χ0n) is 7.87. The monoisotopic (exact) mass is 290 g/mol. The summed E-state index contributed by atoms with van der Waals surface area (Å²) in [6.45, 7) is 0. The van der Waals surface area contributed by atoms with Crippen LogP contribution in [0.5, 0.6) is 0 Å². The molecule has 2 nitrogen and oxygen atoms in total. The predicted molar refractivity (Wildman–Crippen MR) is 56.3 cm³/mol. The van der Waals surface area contributed by atoms with Crippen LogP contribution in [0.3, 0.4) is 0 Å². The van der Waals surface area contributed by atoms with Crippen LogP contribution >= 0.6 is 15.9 Å². The second-order valence-corrected chi connectivity index (χ2v) is 3.93. The molecule has 84 valence electrons. The molecule has 0 fully saturated rings. The Morgan fingerprint density at radius 3 is 2.50 bits per heavy atom. The summed E-state index contributed by atoms with van der Waals surface area (Å²) in [7, 11) is 0. The fraction of sp³-hybridized carbons (Fsp3) is 0.100. The molecule has 0 bridgehead atoms.